The molecule has 2 rings (SSSR count). The molecule has 1 unspecified atom stereocenters. The second kappa shape index (κ2) is 6.99. The second-order valence-electron chi connectivity index (χ2n) is 4.49. The standard InChI is InChI=1S/C15H15FN2O2S/c16-12-6-7-14(13(17)8-12)18-15(19)10-21(20)9-11-4-2-1-3-5-11/h1-8H,9-10,17H2,(H,18,19). The summed E-state index contributed by atoms with van der Waals surface area (Å²) in [7, 11) is -1.31. The third kappa shape index (κ3) is 4.68. The third-order valence-electron chi connectivity index (χ3n) is 2.75. The summed E-state index contributed by atoms with van der Waals surface area (Å²) in [5, 5.41) is 2.53. The highest BCUT2D eigenvalue weighted by atomic mass is 32.2. The minimum atomic E-state index is -1.31. The van der Waals surface area contributed by atoms with Crippen LogP contribution < -0.4 is 11.1 Å². The van der Waals surface area contributed by atoms with Gasteiger partial charge in [-0.2, -0.15) is 0 Å². The normalized spacial score (nSPS) is 11.9. The first-order valence-corrected chi connectivity index (χ1v) is 7.77. The molecule has 0 aliphatic rings. The zero-order chi connectivity index (χ0) is 15.2. The number of halogens is 1. The van der Waals surface area contributed by atoms with E-state index in [1.54, 1.807) is 0 Å². The van der Waals surface area contributed by atoms with Crippen LogP contribution >= 0.6 is 0 Å². The molecule has 0 saturated carbocycles. The van der Waals surface area contributed by atoms with Gasteiger partial charge in [-0.25, -0.2) is 4.39 Å². The van der Waals surface area contributed by atoms with Crippen molar-refractivity contribution in [2.45, 2.75) is 5.75 Å². The van der Waals surface area contributed by atoms with Gasteiger partial charge in [0.2, 0.25) is 5.91 Å². The van der Waals surface area contributed by atoms with Gasteiger partial charge in [0.05, 0.1) is 11.4 Å². The molecule has 0 spiro atoms. The zero-order valence-corrected chi connectivity index (χ0v) is 12.0. The van der Waals surface area contributed by atoms with Crippen molar-refractivity contribution in [1.29, 1.82) is 0 Å². The number of rotatable bonds is 5. The van der Waals surface area contributed by atoms with Gasteiger partial charge in [-0.15, -0.1) is 0 Å². The van der Waals surface area contributed by atoms with E-state index in [4.69, 9.17) is 5.73 Å². The Balaban J connectivity index is 1.91. The van der Waals surface area contributed by atoms with Gasteiger partial charge in [-0.3, -0.25) is 9.00 Å². The summed E-state index contributed by atoms with van der Waals surface area (Å²) < 4.78 is 24.8. The Kier molecular flexibility index (Phi) is 5.05. The van der Waals surface area contributed by atoms with Crippen molar-refractivity contribution in [3.63, 3.8) is 0 Å². The SMILES string of the molecule is Nc1cc(F)ccc1NC(=O)CS(=O)Cc1ccccc1. The fraction of sp³-hybridized carbons (Fsp3) is 0.133. The first-order chi connectivity index (χ1) is 10.0. The smallest absolute Gasteiger partial charge is 0.237 e. The number of anilines is 2. The Morgan fingerprint density at radius 2 is 1.90 bits per heavy atom. The lowest BCUT2D eigenvalue weighted by atomic mass is 10.2. The van der Waals surface area contributed by atoms with Crippen molar-refractivity contribution in [2.24, 2.45) is 0 Å². The minimum absolute atomic E-state index is 0.133. The molecule has 0 radical (unpaired) electrons. The summed E-state index contributed by atoms with van der Waals surface area (Å²) in [5.74, 6) is -0.709. The largest absolute Gasteiger partial charge is 0.397 e. The predicted octanol–water partition coefficient (Wildman–Crippen LogP) is 2.30. The van der Waals surface area contributed by atoms with Crippen LogP contribution in [0.2, 0.25) is 0 Å². The van der Waals surface area contributed by atoms with Crippen LogP contribution in [0.4, 0.5) is 15.8 Å². The molecule has 1 amide bonds. The van der Waals surface area contributed by atoms with Crippen LogP contribution in [-0.2, 0) is 21.3 Å². The highest BCUT2D eigenvalue weighted by Gasteiger charge is 2.10. The van der Waals surface area contributed by atoms with Crippen molar-refractivity contribution in [3.8, 4) is 0 Å². The van der Waals surface area contributed by atoms with Gasteiger partial charge in [0.15, 0.2) is 0 Å². The van der Waals surface area contributed by atoms with Crippen molar-refractivity contribution >= 4 is 28.1 Å². The molecule has 4 nitrogen and oxygen atoms in total. The van der Waals surface area contributed by atoms with Gasteiger partial charge in [-0.1, -0.05) is 30.3 Å². The van der Waals surface area contributed by atoms with Gasteiger partial charge in [-0.05, 0) is 23.8 Å². The van der Waals surface area contributed by atoms with E-state index in [0.29, 0.717) is 11.4 Å². The molecule has 2 aromatic carbocycles. The van der Waals surface area contributed by atoms with Gasteiger partial charge < -0.3 is 11.1 Å². The van der Waals surface area contributed by atoms with E-state index in [2.05, 4.69) is 5.32 Å². The molecule has 0 aliphatic heterocycles. The average molecular weight is 306 g/mol. The monoisotopic (exact) mass is 306 g/mol. The molecular weight excluding hydrogens is 291 g/mol. The van der Waals surface area contributed by atoms with Crippen LogP contribution in [0.15, 0.2) is 48.5 Å². The van der Waals surface area contributed by atoms with Crippen LogP contribution in [0.5, 0.6) is 0 Å². The van der Waals surface area contributed by atoms with E-state index in [1.165, 1.54) is 12.1 Å². The molecule has 110 valence electrons. The average Bonchev–Trinajstić information content (AvgIpc) is 2.43. The summed E-state index contributed by atoms with van der Waals surface area (Å²) in [4.78, 5) is 11.8. The van der Waals surface area contributed by atoms with Crippen LogP contribution in [0.25, 0.3) is 0 Å². The summed E-state index contributed by atoms with van der Waals surface area (Å²) in [6.45, 7) is 0. The number of amides is 1. The molecule has 21 heavy (non-hydrogen) atoms. The Hall–Kier alpha value is -2.21. The number of nitrogen functional groups attached to an aromatic ring is 1. The van der Waals surface area contributed by atoms with E-state index in [-0.39, 0.29) is 11.4 Å². The van der Waals surface area contributed by atoms with E-state index in [9.17, 15) is 13.4 Å². The minimum Gasteiger partial charge on any atom is -0.397 e. The number of hydrogen-bond acceptors (Lipinski definition) is 3. The molecule has 0 aliphatic carbocycles. The molecule has 0 aromatic heterocycles. The molecule has 0 fully saturated rings. The molecule has 6 heteroatoms. The number of benzene rings is 2. The molecule has 3 N–H and O–H groups in total. The van der Waals surface area contributed by atoms with Gasteiger partial charge in [0.25, 0.3) is 0 Å². The van der Waals surface area contributed by atoms with Gasteiger partial charge in [0.1, 0.15) is 11.6 Å². The number of carbonyl (C=O) groups is 1. The van der Waals surface area contributed by atoms with Gasteiger partial charge >= 0.3 is 0 Å². The van der Waals surface area contributed by atoms with Crippen molar-refractivity contribution in [2.75, 3.05) is 16.8 Å². The summed E-state index contributed by atoms with van der Waals surface area (Å²) in [6, 6.07) is 13.0. The first-order valence-electron chi connectivity index (χ1n) is 6.28. The lowest BCUT2D eigenvalue weighted by Gasteiger charge is -2.08. The number of nitrogens with two attached hydrogens (primary N) is 1. The summed E-state index contributed by atoms with van der Waals surface area (Å²) in [6.07, 6.45) is 0. The quantitative estimate of drug-likeness (QED) is 0.833. The Labute approximate surface area is 124 Å². The van der Waals surface area contributed by atoms with Crippen LogP contribution in [-0.4, -0.2) is 15.9 Å². The molecule has 0 bridgehead atoms. The van der Waals surface area contributed by atoms with Crippen LogP contribution in [0, 0.1) is 5.82 Å². The number of carbonyl (C=O) groups excluding carboxylic acids is 1. The van der Waals surface area contributed by atoms with Crippen LogP contribution in [0.3, 0.4) is 0 Å². The predicted molar refractivity (Wildman–Crippen MR) is 82.6 cm³/mol. The Morgan fingerprint density at radius 3 is 2.57 bits per heavy atom. The van der Waals surface area contributed by atoms with E-state index < -0.39 is 22.5 Å². The first kappa shape index (κ1) is 15.2. The Bertz CT molecular complexity index is 662. The molecule has 0 heterocycles. The molecular formula is C15H15FN2O2S. The van der Waals surface area contributed by atoms with E-state index >= 15 is 0 Å². The lowest BCUT2D eigenvalue weighted by molar-refractivity contribution is -0.113. The van der Waals surface area contributed by atoms with Crippen molar-refractivity contribution < 1.29 is 13.4 Å². The maximum absolute atomic E-state index is 12.9. The second-order valence-corrected chi connectivity index (χ2v) is 5.95. The summed E-state index contributed by atoms with van der Waals surface area (Å²) >= 11 is 0. The molecule has 2 aromatic rings. The third-order valence-corrected chi connectivity index (χ3v) is 3.99. The maximum Gasteiger partial charge on any atom is 0.237 e. The highest BCUT2D eigenvalue weighted by Crippen LogP contribution is 2.19. The fourth-order valence-electron chi connectivity index (χ4n) is 1.79. The zero-order valence-electron chi connectivity index (χ0n) is 11.2. The number of nitrogens with one attached hydrogen (secondary N) is 1. The maximum atomic E-state index is 12.9. The van der Waals surface area contributed by atoms with E-state index in [0.717, 1.165) is 11.6 Å². The molecule has 1 atom stereocenters. The van der Waals surface area contributed by atoms with E-state index in [1.807, 2.05) is 30.3 Å². The fourth-order valence-corrected chi connectivity index (χ4v) is 2.82. The van der Waals surface area contributed by atoms with Crippen molar-refractivity contribution in [3.05, 3.63) is 59.9 Å². The molecule has 0 saturated heterocycles. The van der Waals surface area contributed by atoms with Crippen molar-refractivity contribution in [1.82, 2.24) is 0 Å². The summed E-state index contributed by atoms with van der Waals surface area (Å²) in [5.41, 5.74) is 6.95. The van der Waals surface area contributed by atoms with Crippen LogP contribution in [0.1, 0.15) is 5.56 Å². The highest BCUT2D eigenvalue weighted by molar-refractivity contribution is 7.84. The lowest BCUT2D eigenvalue weighted by Crippen LogP contribution is -2.20. The number of hydrogen-bond donors (Lipinski definition) is 2. The Morgan fingerprint density at radius 1 is 1.19 bits per heavy atom. The topological polar surface area (TPSA) is 72.2 Å². The van der Waals surface area contributed by atoms with Gasteiger partial charge in [0, 0.05) is 16.6 Å².